The Kier molecular flexibility index (Phi) is 5.73. The number of hydrogen-bond acceptors (Lipinski definition) is 3. The van der Waals surface area contributed by atoms with E-state index in [-0.39, 0.29) is 5.12 Å². The van der Waals surface area contributed by atoms with E-state index >= 15 is 0 Å². The summed E-state index contributed by atoms with van der Waals surface area (Å²) in [7, 11) is 0. The molecule has 0 spiro atoms. The number of nitrogens with two attached hydrogens (primary N) is 1. The Labute approximate surface area is 66.6 Å². The van der Waals surface area contributed by atoms with Crippen LogP contribution in [0.5, 0.6) is 0 Å². The van der Waals surface area contributed by atoms with Gasteiger partial charge in [-0.1, -0.05) is 25.6 Å². The average Bonchev–Trinajstić information content (AvgIpc) is 1.82. The first-order chi connectivity index (χ1) is 4.66. The summed E-state index contributed by atoms with van der Waals surface area (Å²) in [6.07, 6.45) is 0.671. The number of rotatable bonds is 4. The van der Waals surface area contributed by atoms with E-state index in [0.717, 1.165) is 5.75 Å². The number of hydrogen-bond donors (Lipinski definition) is 1. The number of carbonyl (C=O) groups is 1. The molecule has 0 aromatic heterocycles. The number of thioether (sulfide) groups is 1. The van der Waals surface area contributed by atoms with Crippen molar-refractivity contribution in [1.29, 1.82) is 0 Å². The first-order valence-corrected chi connectivity index (χ1v) is 4.51. The zero-order valence-corrected chi connectivity index (χ0v) is 7.41. The molecule has 0 unspecified atom stereocenters. The third kappa shape index (κ3) is 6.11. The molecule has 0 amide bonds. The van der Waals surface area contributed by atoms with Gasteiger partial charge in [0.25, 0.3) is 0 Å². The molecule has 0 aromatic carbocycles. The van der Waals surface area contributed by atoms with Crippen LogP contribution in [0, 0.1) is 5.92 Å². The van der Waals surface area contributed by atoms with Gasteiger partial charge in [-0.05, 0) is 5.92 Å². The van der Waals surface area contributed by atoms with Gasteiger partial charge in [-0.25, -0.2) is 0 Å². The fourth-order valence-corrected chi connectivity index (χ4v) is 1.36. The van der Waals surface area contributed by atoms with Gasteiger partial charge in [0.2, 0.25) is 0 Å². The van der Waals surface area contributed by atoms with E-state index < -0.39 is 0 Å². The number of carbonyl (C=O) groups excluding carboxylic acids is 1. The summed E-state index contributed by atoms with van der Waals surface area (Å²) in [5.41, 5.74) is 5.23. The average molecular weight is 161 g/mol. The molecule has 0 bridgehead atoms. The first-order valence-electron chi connectivity index (χ1n) is 3.52. The first kappa shape index (κ1) is 9.98. The van der Waals surface area contributed by atoms with Gasteiger partial charge in [0.15, 0.2) is 5.12 Å². The highest BCUT2D eigenvalue weighted by molar-refractivity contribution is 8.13. The molecule has 60 valence electrons. The van der Waals surface area contributed by atoms with Gasteiger partial charge < -0.3 is 5.73 Å². The van der Waals surface area contributed by atoms with Crippen LogP contribution < -0.4 is 5.73 Å². The molecule has 2 nitrogen and oxygen atoms in total. The maximum absolute atomic E-state index is 10.9. The molecule has 0 aliphatic carbocycles. The SMILES string of the molecule is CC(C)CC(=O)SCCN. The van der Waals surface area contributed by atoms with E-state index in [9.17, 15) is 4.79 Å². The Bertz CT molecular complexity index is 104. The van der Waals surface area contributed by atoms with Crippen LogP contribution in [-0.4, -0.2) is 17.4 Å². The lowest BCUT2D eigenvalue weighted by atomic mass is 10.2. The molecule has 0 aromatic rings. The van der Waals surface area contributed by atoms with Crippen molar-refractivity contribution in [2.75, 3.05) is 12.3 Å². The fraction of sp³-hybridized carbons (Fsp3) is 0.857. The Balaban J connectivity index is 3.26. The molecule has 0 saturated carbocycles. The van der Waals surface area contributed by atoms with Crippen molar-refractivity contribution >= 4 is 16.9 Å². The zero-order valence-electron chi connectivity index (χ0n) is 6.59. The minimum atomic E-state index is 0.264. The van der Waals surface area contributed by atoms with Crippen molar-refractivity contribution in [2.24, 2.45) is 11.7 Å². The van der Waals surface area contributed by atoms with Crippen LogP contribution in [0.4, 0.5) is 0 Å². The monoisotopic (exact) mass is 161 g/mol. The minimum Gasteiger partial charge on any atom is -0.330 e. The molecule has 3 heteroatoms. The Morgan fingerprint density at radius 2 is 2.20 bits per heavy atom. The van der Waals surface area contributed by atoms with E-state index in [0.29, 0.717) is 18.9 Å². The second-order valence-corrected chi connectivity index (χ2v) is 3.76. The molecule has 0 aliphatic heterocycles. The van der Waals surface area contributed by atoms with Crippen molar-refractivity contribution in [3.63, 3.8) is 0 Å². The Morgan fingerprint density at radius 1 is 1.60 bits per heavy atom. The highest BCUT2D eigenvalue weighted by atomic mass is 32.2. The molecule has 0 heterocycles. The minimum absolute atomic E-state index is 0.264. The van der Waals surface area contributed by atoms with E-state index in [4.69, 9.17) is 5.73 Å². The van der Waals surface area contributed by atoms with Crippen LogP contribution in [0.2, 0.25) is 0 Å². The summed E-state index contributed by atoms with van der Waals surface area (Å²) in [6, 6.07) is 0. The van der Waals surface area contributed by atoms with Crippen molar-refractivity contribution in [1.82, 2.24) is 0 Å². The fourth-order valence-electron chi connectivity index (χ4n) is 0.565. The Hall–Kier alpha value is -0.0200. The Morgan fingerprint density at radius 3 is 2.60 bits per heavy atom. The standard InChI is InChI=1S/C7H15NOS/c1-6(2)5-7(9)10-4-3-8/h6H,3-5,8H2,1-2H3. The summed E-state index contributed by atoms with van der Waals surface area (Å²) in [5, 5.41) is 0.264. The topological polar surface area (TPSA) is 43.1 Å². The van der Waals surface area contributed by atoms with Gasteiger partial charge in [0.1, 0.15) is 0 Å². The molecule has 2 N–H and O–H groups in total. The third-order valence-corrected chi connectivity index (χ3v) is 1.88. The summed E-state index contributed by atoms with van der Waals surface area (Å²) >= 11 is 1.34. The largest absolute Gasteiger partial charge is 0.330 e. The highest BCUT2D eigenvalue weighted by Gasteiger charge is 2.03. The quantitative estimate of drug-likeness (QED) is 0.675. The maximum atomic E-state index is 10.9. The van der Waals surface area contributed by atoms with Crippen LogP contribution in [0.25, 0.3) is 0 Å². The summed E-state index contributed by atoms with van der Waals surface area (Å²) in [4.78, 5) is 10.9. The lowest BCUT2D eigenvalue weighted by Crippen LogP contribution is -2.05. The van der Waals surface area contributed by atoms with E-state index in [1.54, 1.807) is 0 Å². The molecule has 10 heavy (non-hydrogen) atoms. The second-order valence-electron chi connectivity index (χ2n) is 2.61. The third-order valence-electron chi connectivity index (χ3n) is 0.956. The lowest BCUT2D eigenvalue weighted by Gasteiger charge is -2.01. The van der Waals surface area contributed by atoms with E-state index in [1.807, 2.05) is 13.8 Å². The van der Waals surface area contributed by atoms with E-state index in [1.165, 1.54) is 11.8 Å². The van der Waals surface area contributed by atoms with Gasteiger partial charge in [0, 0.05) is 18.7 Å². The van der Waals surface area contributed by atoms with Crippen LogP contribution in [0.3, 0.4) is 0 Å². The summed E-state index contributed by atoms with van der Waals surface area (Å²) in [5.74, 6) is 1.23. The van der Waals surface area contributed by atoms with Crippen LogP contribution in [-0.2, 0) is 4.79 Å². The van der Waals surface area contributed by atoms with Gasteiger partial charge in [-0.3, -0.25) is 4.79 Å². The van der Waals surface area contributed by atoms with Crippen LogP contribution in [0.1, 0.15) is 20.3 Å². The lowest BCUT2D eigenvalue weighted by molar-refractivity contribution is -0.111. The smallest absolute Gasteiger partial charge is 0.189 e. The molecule has 0 fully saturated rings. The second kappa shape index (κ2) is 5.74. The molecule has 0 rings (SSSR count). The van der Waals surface area contributed by atoms with Crippen molar-refractivity contribution in [2.45, 2.75) is 20.3 Å². The van der Waals surface area contributed by atoms with Gasteiger partial charge in [-0.2, -0.15) is 0 Å². The molecule has 0 radical (unpaired) electrons. The summed E-state index contributed by atoms with van der Waals surface area (Å²) < 4.78 is 0. The molecule has 0 saturated heterocycles. The van der Waals surface area contributed by atoms with Gasteiger partial charge in [-0.15, -0.1) is 0 Å². The van der Waals surface area contributed by atoms with Gasteiger partial charge in [0.05, 0.1) is 0 Å². The predicted octanol–water partition coefficient (Wildman–Crippen LogP) is 1.25. The maximum Gasteiger partial charge on any atom is 0.189 e. The van der Waals surface area contributed by atoms with E-state index in [2.05, 4.69) is 0 Å². The van der Waals surface area contributed by atoms with Crippen molar-refractivity contribution < 1.29 is 4.79 Å². The molecular formula is C7H15NOS. The molecular weight excluding hydrogens is 146 g/mol. The van der Waals surface area contributed by atoms with Crippen LogP contribution >= 0.6 is 11.8 Å². The normalized spacial score (nSPS) is 10.4. The molecule has 0 atom stereocenters. The highest BCUT2D eigenvalue weighted by Crippen LogP contribution is 2.09. The van der Waals surface area contributed by atoms with Crippen molar-refractivity contribution in [3.05, 3.63) is 0 Å². The zero-order chi connectivity index (χ0) is 7.98. The van der Waals surface area contributed by atoms with Gasteiger partial charge >= 0.3 is 0 Å². The summed E-state index contributed by atoms with van der Waals surface area (Å²) in [6.45, 7) is 4.68. The predicted molar refractivity (Wildman–Crippen MR) is 46.0 cm³/mol. The van der Waals surface area contributed by atoms with Crippen molar-refractivity contribution in [3.8, 4) is 0 Å². The van der Waals surface area contributed by atoms with Crippen LogP contribution in [0.15, 0.2) is 0 Å². The molecule has 0 aliphatic rings.